The minimum atomic E-state index is -1.51. The molecular formula is C13H17N3O4. The van der Waals surface area contributed by atoms with E-state index in [0.29, 0.717) is 6.42 Å². The molecule has 108 valence electrons. The van der Waals surface area contributed by atoms with Gasteiger partial charge in [-0.3, -0.25) is 4.57 Å². The monoisotopic (exact) mass is 279 g/mol. The molecule has 0 aromatic carbocycles. The van der Waals surface area contributed by atoms with Gasteiger partial charge in [0.1, 0.15) is 18.1 Å². The van der Waals surface area contributed by atoms with Crippen LogP contribution in [0.25, 0.3) is 0 Å². The first-order chi connectivity index (χ1) is 9.49. The van der Waals surface area contributed by atoms with Crippen LogP contribution in [0.4, 0.5) is 5.82 Å². The molecule has 1 aliphatic rings. The van der Waals surface area contributed by atoms with E-state index in [0.717, 1.165) is 0 Å². The topological polar surface area (TPSA) is 111 Å². The second-order valence-corrected chi connectivity index (χ2v) is 4.76. The van der Waals surface area contributed by atoms with Crippen LogP contribution in [0, 0.1) is 18.3 Å². The highest BCUT2D eigenvalue weighted by atomic mass is 16.6. The highest BCUT2D eigenvalue weighted by Crippen LogP contribution is 2.42. The molecule has 4 N–H and O–H groups in total. The Bertz CT molecular complexity index is 594. The number of aliphatic hydroxyl groups excluding tert-OH is 2. The lowest BCUT2D eigenvalue weighted by atomic mass is 9.89. The Balaban J connectivity index is 2.47. The lowest BCUT2D eigenvalue weighted by Gasteiger charge is -2.24. The molecule has 0 radical (unpaired) electrons. The second-order valence-electron chi connectivity index (χ2n) is 4.76. The van der Waals surface area contributed by atoms with Gasteiger partial charge in [0.2, 0.25) is 0 Å². The number of ether oxygens (including phenoxy) is 1. The van der Waals surface area contributed by atoms with E-state index < -0.39 is 36.1 Å². The largest absolute Gasteiger partial charge is 0.392 e. The molecule has 2 rings (SSSR count). The number of anilines is 1. The van der Waals surface area contributed by atoms with Crippen LogP contribution in [0.2, 0.25) is 0 Å². The number of terminal acetylenes is 1. The maximum Gasteiger partial charge on any atom is 0.351 e. The molecule has 1 aliphatic heterocycles. The molecule has 0 spiro atoms. The minimum Gasteiger partial charge on any atom is -0.392 e. The Morgan fingerprint density at radius 1 is 1.70 bits per heavy atom. The second kappa shape index (κ2) is 5.25. The van der Waals surface area contributed by atoms with Crippen LogP contribution in [-0.2, 0) is 4.74 Å². The summed E-state index contributed by atoms with van der Waals surface area (Å²) in [4.78, 5) is 15.5. The van der Waals surface area contributed by atoms with E-state index in [-0.39, 0.29) is 5.82 Å². The number of nitrogens with zero attached hydrogens (tertiary/aromatic N) is 2. The van der Waals surface area contributed by atoms with E-state index in [9.17, 15) is 15.0 Å². The Labute approximate surface area is 116 Å². The summed E-state index contributed by atoms with van der Waals surface area (Å²) < 4.78 is 6.84. The highest BCUT2D eigenvalue weighted by molar-refractivity contribution is 5.24. The number of aliphatic hydroxyl groups is 2. The molecule has 20 heavy (non-hydrogen) atoms. The van der Waals surface area contributed by atoms with Crippen molar-refractivity contribution in [3.63, 3.8) is 0 Å². The third kappa shape index (κ3) is 2.08. The Kier molecular flexibility index (Phi) is 3.81. The van der Waals surface area contributed by atoms with Crippen molar-refractivity contribution in [1.82, 2.24) is 9.55 Å². The summed E-state index contributed by atoms with van der Waals surface area (Å²) >= 11 is 0. The van der Waals surface area contributed by atoms with E-state index >= 15 is 0 Å². The molecule has 0 amide bonds. The molecule has 1 saturated heterocycles. The molecule has 1 aromatic heterocycles. The minimum absolute atomic E-state index is 0.100. The van der Waals surface area contributed by atoms with Crippen molar-refractivity contribution in [3.8, 4) is 12.3 Å². The number of aromatic nitrogens is 2. The van der Waals surface area contributed by atoms with Gasteiger partial charge in [-0.25, -0.2) is 4.79 Å². The maximum absolute atomic E-state index is 11.9. The third-order valence-corrected chi connectivity index (χ3v) is 3.66. The van der Waals surface area contributed by atoms with Crippen LogP contribution in [0.15, 0.2) is 17.1 Å². The van der Waals surface area contributed by atoms with Gasteiger partial charge in [0, 0.05) is 12.1 Å². The van der Waals surface area contributed by atoms with Crippen molar-refractivity contribution in [2.24, 2.45) is 5.92 Å². The van der Waals surface area contributed by atoms with E-state index in [1.165, 1.54) is 16.8 Å². The van der Waals surface area contributed by atoms with Crippen molar-refractivity contribution in [1.29, 1.82) is 0 Å². The first-order valence-corrected chi connectivity index (χ1v) is 6.28. The van der Waals surface area contributed by atoms with Gasteiger partial charge in [0.25, 0.3) is 0 Å². The standard InChI is InChI=1S/C13H17N3O4/c1-3-8-10(18)13(4-2,7-17)20-11(8)16-6-5-9(14)15-12(16)19/h2,5-6,8,10-11,17-18H,3,7H2,1H3,(H2,14,15,19)/t8-,10+,11-,13-/m1/s1. The fraction of sp³-hybridized carbons (Fsp3) is 0.538. The van der Waals surface area contributed by atoms with E-state index in [1.807, 2.05) is 6.92 Å². The van der Waals surface area contributed by atoms with Gasteiger partial charge in [-0.15, -0.1) is 6.42 Å². The summed E-state index contributed by atoms with van der Waals surface area (Å²) in [7, 11) is 0. The lowest BCUT2D eigenvalue weighted by molar-refractivity contribution is -0.0920. The fourth-order valence-corrected chi connectivity index (χ4v) is 2.48. The van der Waals surface area contributed by atoms with Crippen LogP contribution in [0.5, 0.6) is 0 Å². The quantitative estimate of drug-likeness (QED) is 0.619. The summed E-state index contributed by atoms with van der Waals surface area (Å²) in [5.41, 5.74) is 3.34. The van der Waals surface area contributed by atoms with Crippen molar-refractivity contribution in [2.75, 3.05) is 12.3 Å². The molecule has 4 atom stereocenters. The first kappa shape index (κ1) is 14.5. The van der Waals surface area contributed by atoms with E-state index in [4.69, 9.17) is 16.9 Å². The first-order valence-electron chi connectivity index (χ1n) is 6.28. The average molecular weight is 279 g/mol. The zero-order valence-corrected chi connectivity index (χ0v) is 11.1. The fourth-order valence-electron chi connectivity index (χ4n) is 2.48. The number of nitrogens with two attached hydrogens (primary N) is 1. The number of hydrogen-bond donors (Lipinski definition) is 3. The zero-order valence-electron chi connectivity index (χ0n) is 11.1. The molecule has 0 saturated carbocycles. The van der Waals surface area contributed by atoms with Crippen LogP contribution < -0.4 is 11.4 Å². The maximum atomic E-state index is 11.9. The summed E-state index contributed by atoms with van der Waals surface area (Å²) in [6, 6.07) is 1.46. The van der Waals surface area contributed by atoms with Crippen molar-refractivity contribution in [2.45, 2.75) is 31.3 Å². The number of hydrogen-bond acceptors (Lipinski definition) is 6. The lowest BCUT2D eigenvalue weighted by Crippen LogP contribution is -2.43. The summed E-state index contributed by atoms with van der Waals surface area (Å²) in [5, 5.41) is 19.7. The molecule has 1 fully saturated rings. The summed E-state index contributed by atoms with van der Waals surface area (Å²) in [6.07, 6.45) is 5.47. The van der Waals surface area contributed by atoms with Gasteiger partial charge in [0.15, 0.2) is 5.60 Å². The van der Waals surface area contributed by atoms with Gasteiger partial charge in [0.05, 0.1) is 6.61 Å². The Hall–Kier alpha value is -1.88. The summed E-state index contributed by atoms with van der Waals surface area (Å²) in [6.45, 7) is 1.30. The number of rotatable bonds is 3. The van der Waals surface area contributed by atoms with Crippen LogP contribution >= 0.6 is 0 Å². The molecule has 0 bridgehead atoms. The normalized spacial score (nSPS) is 33.0. The van der Waals surface area contributed by atoms with Gasteiger partial charge < -0.3 is 20.7 Å². The predicted octanol–water partition coefficient (Wildman–Crippen LogP) is -0.894. The summed E-state index contributed by atoms with van der Waals surface area (Å²) in [5.74, 6) is 1.96. The van der Waals surface area contributed by atoms with Crippen LogP contribution in [-0.4, -0.2) is 38.1 Å². The van der Waals surface area contributed by atoms with Crippen LogP contribution in [0.1, 0.15) is 19.6 Å². The number of nitrogen functional groups attached to an aromatic ring is 1. The third-order valence-electron chi connectivity index (χ3n) is 3.66. The van der Waals surface area contributed by atoms with Gasteiger partial charge in [-0.1, -0.05) is 12.8 Å². The molecule has 7 nitrogen and oxygen atoms in total. The molecule has 7 heteroatoms. The zero-order chi connectivity index (χ0) is 14.9. The average Bonchev–Trinajstić information content (AvgIpc) is 2.71. The van der Waals surface area contributed by atoms with Gasteiger partial charge in [-0.05, 0) is 12.5 Å². The molecule has 1 aromatic rings. The Morgan fingerprint density at radius 3 is 2.90 bits per heavy atom. The van der Waals surface area contributed by atoms with E-state index in [2.05, 4.69) is 10.9 Å². The van der Waals surface area contributed by atoms with Crippen molar-refractivity contribution in [3.05, 3.63) is 22.7 Å². The predicted molar refractivity (Wildman–Crippen MR) is 71.5 cm³/mol. The Morgan fingerprint density at radius 2 is 2.40 bits per heavy atom. The smallest absolute Gasteiger partial charge is 0.351 e. The van der Waals surface area contributed by atoms with Gasteiger partial charge in [-0.2, -0.15) is 4.98 Å². The van der Waals surface area contributed by atoms with Gasteiger partial charge >= 0.3 is 5.69 Å². The molecular weight excluding hydrogens is 262 g/mol. The molecule has 2 heterocycles. The SMILES string of the molecule is C#C[C@]1(CO)O[C@@H](n2ccc(N)nc2=O)[C@H](CC)[C@@H]1O. The van der Waals surface area contributed by atoms with Crippen LogP contribution in [0.3, 0.4) is 0 Å². The molecule has 0 aliphatic carbocycles. The van der Waals surface area contributed by atoms with Crippen molar-refractivity contribution < 1.29 is 14.9 Å². The van der Waals surface area contributed by atoms with Crippen molar-refractivity contribution >= 4 is 5.82 Å². The van der Waals surface area contributed by atoms with E-state index in [1.54, 1.807) is 0 Å². The molecule has 0 unspecified atom stereocenters. The highest BCUT2D eigenvalue weighted by Gasteiger charge is 2.53.